The summed E-state index contributed by atoms with van der Waals surface area (Å²) in [4.78, 5) is 0. The van der Waals surface area contributed by atoms with Crippen LogP contribution in [-0.4, -0.2) is 15.5 Å². The Kier molecular flexibility index (Phi) is 4.99. The van der Waals surface area contributed by atoms with Crippen molar-refractivity contribution in [1.29, 1.82) is 0 Å². The number of hydrogen-bond donors (Lipinski definition) is 1. The van der Waals surface area contributed by atoms with Gasteiger partial charge in [0.05, 0.1) is 5.69 Å². The third-order valence-corrected chi connectivity index (χ3v) is 5.54. The van der Waals surface area contributed by atoms with E-state index in [0.717, 1.165) is 18.7 Å². The lowest BCUT2D eigenvalue weighted by molar-refractivity contribution is 0.228. The van der Waals surface area contributed by atoms with Crippen LogP contribution >= 0.6 is 12.6 Å². The molecule has 0 radical (unpaired) electrons. The lowest BCUT2D eigenvalue weighted by Gasteiger charge is -2.31. The summed E-state index contributed by atoms with van der Waals surface area (Å²) in [6.45, 7) is 7.65. The fourth-order valence-corrected chi connectivity index (χ4v) is 3.98. The van der Waals surface area contributed by atoms with Gasteiger partial charge in [-0.15, -0.1) is 0 Å². The maximum Gasteiger partial charge on any atom is 0.0628 e. The highest BCUT2D eigenvalue weighted by atomic mass is 32.1. The lowest BCUT2D eigenvalue weighted by atomic mass is 9.82. The SMILES string of the molecule is CCc1c(C)nn(CC2(CS)CCCCCC2)c1C. The Balaban J connectivity index is 2.22. The predicted molar refractivity (Wildman–Crippen MR) is 85.1 cm³/mol. The van der Waals surface area contributed by atoms with Gasteiger partial charge in [-0.3, -0.25) is 4.68 Å². The summed E-state index contributed by atoms with van der Waals surface area (Å²) >= 11 is 4.68. The maximum atomic E-state index is 4.78. The minimum atomic E-state index is 0.369. The van der Waals surface area contributed by atoms with E-state index in [0.29, 0.717) is 5.41 Å². The van der Waals surface area contributed by atoms with Crippen LogP contribution in [0, 0.1) is 19.3 Å². The van der Waals surface area contributed by atoms with Crippen LogP contribution in [0.4, 0.5) is 0 Å². The van der Waals surface area contributed by atoms with E-state index < -0.39 is 0 Å². The van der Waals surface area contributed by atoms with Gasteiger partial charge in [0.25, 0.3) is 0 Å². The summed E-state index contributed by atoms with van der Waals surface area (Å²) in [5.74, 6) is 0.993. The highest BCUT2D eigenvalue weighted by Crippen LogP contribution is 2.38. The second-order valence-corrected chi connectivity index (χ2v) is 6.55. The number of aromatic nitrogens is 2. The molecule has 1 heterocycles. The Labute approximate surface area is 123 Å². The smallest absolute Gasteiger partial charge is 0.0628 e. The third kappa shape index (κ3) is 3.18. The molecule has 3 heteroatoms. The fraction of sp³-hybridized carbons (Fsp3) is 0.812. The van der Waals surface area contributed by atoms with Crippen LogP contribution in [0.25, 0.3) is 0 Å². The molecule has 1 aromatic rings. The zero-order chi connectivity index (χ0) is 13.9. The van der Waals surface area contributed by atoms with Crippen molar-refractivity contribution in [3.05, 3.63) is 17.0 Å². The molecule has 0 spiro atoms. The van der Waals surface area contributed by atoms with Crippen molar-refractivity contribution in [3.8, 4) is 0 Å². The van der Waals surface area contributed by atoms with Gasteiger partial charge in [0.15, 0.2) is 0 Å². The molecule has 108 valence electrons. The average Bonchev–Trinajstić information content (AvgIpc) is 2.60. The van der Waals surface area contributed by atoms with E-state index in [1.807, 2.05) is 0 Å². The molecule has 1 aliphatic carbocycles. The molecular weight excluding hydrogens is 252 g/mol. The Morgan fingerprint density at radius 1 is 1.16 bits per heavy atom. The van der Waals surface area contributed by atoms with Crippen molar-refractivity contribution >= 4 is 12.6 Å². The van der Waals surface area contributed by atoms with E-state index in [-0.39, 0.29) is 0 Å². The van der Waals surface area contributed by atoms with Crippen molar-refractivity contribution < 1.29 is 0 Å². The largest absolute Gasteiger partial charge is 0.269 e. The first-order valence-corrected chi connectivity index (χ1v) is 8.39. The Morgan fingerprint density at radius 3 is 2.26 bits per heavy atom. The van der Waals surface area contributed by atoms with E-state index >= 15 is 0 Å². The Morgan fingerprint density at radius 2 is 1.79 bits per heavy atom. The van der Waals surface area contributed by atoms with E-state index in [1.165, 1.54) is 55.5 Å². The third-order valence-electron chi connectivity index (χ3n) is 4.87. The number of nitrogens with zero attached hydrogens (tertiary/aromatic N) is 2. The van der Waals surface area contributed by atoms with Gasteiger partial charge < -0.3 is 0 Å². The van der Waals surface area contributed by atoms with Crippen LogP contribution in [-0.2, 0) is 13.0 Å². The standard InChI is InChI=1S/C16H28N2S/c1-4-15-13(2)17-18(14(15)3)11-16(12-19)9-7-5-6-8-10-16/h19H,4-12H2,1-3H3. The van der Waals surface area contributed by atoms with Crippen LogP contribution in [0.2, 0.25) is 0 Å². The molecule has 0 amide bonds. The highest BCUT2D eigenvalue weighted by molar-refractivity contribution is 7.80. The molecule has 1 aromatic heterocycles. The normalized spacial score (nSPS) is 19.4. The van der Waals surface area contributed by atoms with Gasteiger partial charge in [-0.05, 0) is 49.8 Å². The van der Waals surface area contributed by atoms with Crippen molar-refractivity contribution in [2.75, 3.05) is 5.75 Å². The van der Waals surface area contributed by atoms with Crippen molar-refractivity contribution in [2.24, 2.45) is 5.41 Å². The van der Waals surface area contributed by atoms with Gasteiger partial charge in [-0.25, -0.2) is 0 Å². The quantitative estimate of drug-likeness (QED) is 0.642. The Bertz CT molecular complexity index is 415. The maximum absolute atomic E-state index is 4.78. The van der Waals surface area contributed by atoms with Gasteiger partial charge in [0, 0.05) is 12.2 Å². The molecular formula is C16H28N2S. The highest BCUT2D eigenvalue weighted by Gasteiger charge is 2.31. The van der Waals surface area contributed by atoms with Crippen LogP contribution in [0.15, 0.2) is 0 Å². The predicted octanol–water partition coefficient (Wildman–Crippen LogP) is 4.33. The molecule has 0 atom stereocenters. The lowest BCUT2D eigenvalue weighted by Crippen LogP contribution is -2.29. The molecule has 1 saturated carbocycles. The number of aryl methyl sites for hydroxylation is 1. The summed E-state index contributed by atoms with van der Waals surface area (Å²) in [6, 6.07) is 0. The second kappa shape index (κ2) is 6.34. The van der Waals surface area contributed by atoms with Crippen molar-refractivity contribution in [3.63, 3.8) is 0 Å². The molecule has 0 N–H and O–H groups in total. The monoisotopic (exact) mass is 280 g/mol. The van der Waals surface area contributed by atoms with Crippen LogP contribution < -0.4 is 0 Å². The van der Waals surface area contributed by atoms with Gasteiger partial charge in [0.1, 0.15) is 0 Å². The van der Waals surface area contributed by atoms with Gasteiger partial charge in [0.2, 0.25) is 0 Å². The first-order valence-electron chi connectivity index (χ1n) is 7.75. The van der Waals surface area contributed by atoms with Gasteiger partial charge in [-0.1, -0.05) is 32.6 Å². The fourth-order valence-electron chi connectivity index (χ4n) is 3.56. The van der Waals surface area contributed by atoms with Crippen LogP contribution in [0.3, 0.4) is 0 Å². The molecule has 2 nitrogen and oxygen atoms in total. The minimum absolute atomic E-state index is 0.369. The van der Waals surface area contributed by atoms with Crippen LogP contribution in [0.1, 0.15) is 62.4 Å². The molecule has 0 saturated heterocycles. The minimum Gasteiger partial charge on any atom is -0.269 e. The molecule has 0 aromatic carbocycles. The molecule has 0 aliphatic heterocycles. The van der Waals surface area contributed by atoms with Crippen molar-refractivity contribution in [1.82, 2.24) is 9.78 Å². The number of thiol groups is 1. The summed E-state index contributed by atoms with van der Waals surface area (Å²) in [6.07, 6.45) is 9.23. The van der Waals surface area contributed by atoms with E-state index in [9.17, 15) is 0 Å². The first kappa shape index (κ1) is 15.0. The second-order valence-electron chi connectivity index (χ2n) is 6.23. The average molecular weight is 280 g/mol. The summed E-state index contributed by atoms with van der Waals surface area (Å²) in [5, 5.41) is 4.78. The summed E-state index contributed by atoms with van der Waals surface area (Å²) in [5.41, 5.74) is 4.38. The zero-order valence-electron chi connectivity index (χ0n) is 12.7. The molecule has 1 aliphatic rings. The van der Waals surface area contributed by atoms with Gasteiger partial charge in [-0.2, -0.15) is 17.7 Å². The van der Waals surface area contributed by atoms with E-state index in [1.54, 1.807) is 0 Å². The molecule has 0 unspecified atom stereocenters. The molecule has 2 rings (SSSR count). The molecule has 0 bridgehead atoms. The Hall–Kier alpha value is -0.440. The van der Waals surface area contributed by atoms with Crippen LogP contribution in [0.5, 0.6) is 0 Å². The topological polar surface area (TPSA) is 17.8 Å². The van der Waals surface area contributed by atoms with Crippen molar-refractivity contribution in [2.45, 2.75) is 72.3 Å². The zero-order valence-corrected chi connectivity index (χ0v) is 13.6. The number of hydrogen-bond acceptors (Lipinski definition) is 2. The first-order chi connectivity index (χ1) is 9.12. The summed E-state index contributed by atoms with van der Waals surface area (Å²) in [7, 11) is 0. The molecule has 1 fully saturated rings. The number of rotatable bonds is 4. The summed E-state index contributed by atoms with van der Waals surface area (Å²) < 4.78 is 2.26. The van der Waals surface area contributed by atoms with E-state index in [2.05, 4.69) is 38.1 Å². The van der Waals surface area contributed by atoms with Gasteiger partial charge >= 0.3 is 0 Å². The van der Waals surface area contributed by atoms with E-state index in [4.69, 9.17) is 5.10 Å². The molecule has 19 heavy (non-hydrogen) atoms.